The topological polar surface area (TPSA) is 191 Å². The SMILES string of the molecule is CC#CC(=O)N(C)CCC1CCN(C(C(N)=O)C(C)C)C1=O.CCn1c(-c2cccnc2C(C)OC)c(CC(C)(C)COC(C)=O)c2cc(-c3csc(CCCCCCNNC=O)n3)ccc21. The lowest BCUT2D eigenvalue weighted by atomic mass is 9.84. The number of ether oxygens (including phenoxy) is 2. The number of hydrazine groups is 1. The Morgan fingerprint density at radius 2 is 1.88 bits per heavy atom. The normalized spacial score (nSPS) is 14.5. The second-order valence-corrected chi connectivity index (χ2v) is 19.2. The van der Waals surface area contributed by atoms with E-state index in [1.807, 2.05) is 33.0 Å². The summed E-state index contributed by atoms with van der Waals surface area (Å²) < 4.78 is 13.6. The van der Waals surface area contributed by atoms with Gasteiger partial charge in [-0.2, -0.15) is 0 Å². The number of pyridine rings is 1. The van der Waals surface area contributed by atoms with Gasteiger partial charge in [-0.05, 0) is 101 Å². The summed E-state index contributed by atoms with van der Waals surface area (Å²) in [5, 5.41) is 4.48. The molecular weight excluding hydrogens is 869 g/mol. The number of fused-ring (bicyclic) bond motifs is 1. The number of aryl methyl sites for hydroxylation is 2. The van der Waals surface area contributed by atoms with E-state index < -0.39 is 11.9 Å². The van der Waals surface area contributed by atoms with Crippen LogP contribution in [0.5, 0.6) is 0 Å². The van der Waals surface area contributed by atoms with Crippen molar-refractivity contribution >= 4 is 52.3 Å². The average molecular weight is 941 g/mol. The predicted molar refractivity (Wildman–Crippen MR) is 264 cm³/mol. The van der Waals surface area contributed by atoms with Crippen LogP contribution < -0.4 is 16.6 Å². The fraction of sp³-hybridized carbons (Fsp3) is 0.549. The first-order valence-corrected chi connectivity index (χ1v) is 24.3. The standard InChI is InChI=1S/C35H47N5O4S.C16H25N3O3/c1-7-40-31-16-15-26(30-21-45-32(39-30)14-10-8-9-11-18-37-38-23-41)19-28(31)29(20-35(4,5)22-44-25(3)42)34(40)27-13-12-17-36-33(27)24(2)43-6;1-5-6-13(20)18(4)9-7-12-8-10-19(16(12)22)14(11(2)3)15(17)21/h12-13,15-17,19,21,23-24,37H,7-11,14,18,20,22H2,1-6H3,(H,38,41);11-12,14H,7-10H2,1-4H3,(H2,17,21). The Morgan fingerprint density at radius 1 is 1.13 bits per heavy atom. The molecular formula is C51H72N8O7S. The summed E-state index contributed by atoms with van der Waals surface area (Å²) >= 11 is 1.72. The zero-order chi connectivity index (χ0) is 49.3. The number of nitrogens with two attached hydrogens (primary N) is 1. The maximum Gasteiger partial charge on any atom is 0.302 e. The van der Waals surface area contributed by atoms with Crippen LogP contribution in [0.3, 0.4) is 0 Å². The summed E-state index contributed by atoms with van der Waals surface area (Å²) in [6, 6.07) is 10.2. The molecule has 1 aliphatic rings. The Bertz CT molecular complexity index is 2360. The number of rotatable bonds is 24. The van der Waals surface area contributed by atoms with Gasteiger partial charge in [-0.25, -0.2) is 10.4 Å². The number of methoxy groups -OCH3 is 1. The smallest absolute Gasteiger partial charge is 0.302 e. The molecule has 1 aliphatic heterocycles. The molecule has 0 radical (unpaired) electrons. The molecule has 3 atom stereocenters. The number of carbonyl (C=O) groups excluding carboxylic acids is 5. The predicted octanol–water partition coefficient (Wildman–Crippen LogP) is 7.26. The molecule has 15 nitrogen and oxygen atoms in total. The second kappa shape index (κ2) is 26.1. The molecule has 4 aromatic rings. The molecule has 3 unspecified atom stereocenters. The van der Waals surface area contributed by atoms with Gasteiger partial charge >= 0.3 is 5.97 Å². The molecule has 4 heterocycles. The van der Waals surface area contributed by atoms with Crippen LogP contribution in [0.1, 0.15) is 116 Å². The van der Waals surface area contributed by atoms with E-state index in [1.54, 1.807) is 37.3 Å². The lowest BCUT2D eigenvalue weighted by Gasteiger charge is -2.28. The third kappa shape index (κ3) is 14.9. The molecule has 364 valence electrons. The van der Waals surface area contributed by atoms with Crippen LogP contribution in [0.25, 0.3) is 33.4 Å². The van der Waals surface area contributed by atoms with Gasteiger partial charge in [-0.15, -0.1) is 11.3 Å². The Labute approximate surface area is 400 Å². The quantitative estimate of drug-likeness (QED) is 0.0212. The van der Waals surface area contributed by atoms with Crippen molar-refractivity contribution in [2.24, 2.45) is 23.0 Å². The van der Waals surface area contributed by atoms with Crippen LogP contribution in [0.4, 0.5) is 0 Å². The third-order valence-electron chi connectivity index (χ3n) is 12.1. The lowest BCUT2D eigenvalue weighted by molar-refractivity contribution is -0.144. The lowest BCUT2D eigenvalue weighted by Crippen LogP contribution is -2.49. The van der Waals surface area contributed by atoms with Crippen LogP contribution in [-0.2, 0) is 52.8 Å². The van der Waals surface area contributed by atoms with Gasteiger partial charge in [0, 0.05) is 92.2 Å². The van der Waals surface area contributed by atoms with Gasteiger partial charge in [0.15, 0.2) is 0 Å². The molecule has 16 heteroatoms. The van der Waals surface area contributed by atoms with Crippen molar-refractivity contribution in [2.75, 3.05) is 40.4 Å². The van der Waals surface area contributed by atoms with E-state index in [1.165, 1.54) is 22.8 Å². The molecule has 67 heavy (non-hydrogen) atoms. The highest BCUT2D eigenvalue weighted by molar-refractivity contribution is 7.09. The number of amides is 4. The van der Waals surface area contributed by atoms with Crippen LogP contribution >= 0.6 is 11.3 Å². The fourth-order valence-electron chi connectivity index (χ4n) is 8.60. The van der Waals surface area contributed by atoms with Crippen molar-refractivity contribution < 1.29 is 33.4 Å². The minimum Gasteiger partial charge on any atom is -0.465 e. The van der Waals surface area contributed by atoms with Crippen LogP contribution in [0, 0.1) is 29.1 Å². The number of carbonyl (C=O) groups is 5. The van der Waals surface area contributed by atoms with Gasteiger partial charge in [0.05, 0.1) is 34.8 Å². The van der Waals surface area contributed by atoms with E-state index in [9.17, 15) is 24.0 Å². The highest BCUT2D eigenvalue weighted by Gasteiger charge is 2.39. The van der Waals surface area contributed by atoms with E-state index in [4.69, 9.17) is 25.2 Å². The van der Waals surface area contributed by atoms with E-state index in [2.05, 4.69) is 77.7 Å². The van der Waals surface area contributed by atoms with E-state index in [0.29, 0.717) is 45.4 Å². The fourth-order valence-corrected chi connectivity index (χ4v) is 9.45. The number of thiazole rings is 1. The van der Waals surface area contributed by atoms with Crippen LogP contribution in [0.2, 0.25) is 0 Å². The highest BCUT2D eigenvalue weighted by atomic mass is 32.1. The van der Waals surface area contributed by atoms with Gasteiger partial charge in [-0.1, -0.05) is 52.5 Å². The van der Waals surface area contributed by atoms with Crippen molar-refractivity contribution in [3.8, 4) is 34.4 Å². The molecule has 0 saturated carbocycles. The number of hydrogen-bond acceptors (Lipinski definition) is 11. The van der Waals surface area contributed by atoms with Crippen LogP contribution in [-0.4, -0.2) is 101 Å². The van der Waals surface area contributed by atoms with Crippen LogP contribution in [0.15, 0.2) is 41.9 Å². The molecule has 0 aliphatic carbocycles. The molecule has 4 N–H and O–H groups in total. The van der Waals surface area contributed by atoms with E-state index in [-0.39, 0.29) is 41.1 Å². The Balaban J connectivity index is 0.000000374. The molecule has 4 amide bonds. The van der Waals surface area contributed by atoms with Gasteiger partial charge in [0.25, 0.3) is 5.91 Å². The Kier molecular flexibility index (Phi) is 21.0. The number of likely N-dealkylation sites (tertiary alicyclic amines) is 1. The molecule has 3 aromatic heterocycles. The number of esters is 1. The van der Waals surface area contributed by atoms with E-state index >= 15 is 0 Å². The third-order valence-corrected chi connectivity index (χ3v) is 13.0. The number of aromatic nitrogens is 3. The van der Waals surface area contributed by atoms with Gasteiger partial charge in [-0.3, -0.25) is 34.4 Å². The molecule has 1 fully saturated rings. The second-order valence-electron chi connectivity index (χ2n) is 18.2. The van der Waals surface area contributed by atoms with Crippen molar-refractivity contribution in [2.45, 2.75) is 125 Å². The molecule has 1 aromatic carbocycles. The summed E-state index contributed by atoms with van der Waals surface area (Å²) in [7, 11) is 3.38. The first-order valence-electron chi connectivity index (χ1n) is 23.4. The zero-order valence-corrected chi connectivity index (χ0v) is 42.0. The van der Waals surface area contributed by atoms with Gasteiger partial charge in [0.2, 0.25) is 18.2 Å². The number of benzene rings is 1. The first kappa shape index (κ1) is 54.0. The average Bonchev–Trinajstić information content (AvgIpc) is 4.00. The number of unbranched alkanes of at least 4 members (excludes halogenated alkanes) is 3. The minimum absolute atomic E-state index is 0.00993. The monoisotopic (exact) mass is 941 g/mol. The summed E-state index contributed by atoms with van der Waals surface area (Å²) in [4.78, 5) is 70.5. The van der Waals surface area contributed by atoms with Crippen molar-refractivity contribution in [3.63, 3.8) is 0 Å². The molecule has 0 spiro atoms. The molecule has 0 bridgehead atoms. The summed E-state index contributed by atoms with van der Waals surface area (Å²) in [5.41, 5.74) is 18.0. The number of nitrogens with one attached hydrogen (secondary N) is 2. The summed E-state index contributed by atoms with van der Waals surface area (Å²) in [6.45, 7) is 18.2. The number of hydrogen-bond donors (Lipinski definition) is 3. The molecule has 1 saturated heterocycles. The summed E-state index contributed by atoms with van der Waals surface area (Å²) in [5.74, 6) is 3.84. The van der Waals surface area contributed by atoms with E-state index in [0.717, 1.165) is 83.9 Å². The Hall–Kier alpha value is -5.63. The van der Waals surface area contributed by atoms with Crippen molar-refractivity contribution in [1.29, 1.82) is 0 Å². The largest absolute Gasteiger partial charge is 0.465 e. The zero-order valence-electron chi connectivity index (χ0n) is 41.2. The summed E-state index contributed by atoms with van der Waals surface area (Å²) in [6.07, 6.45) is 9.58. The highest BCUT2D eigenvalue weighted by Crippen LogP contribution is 2.42. The maximum absolute atomic E-state index is 12.5. The minimum atomic E-state index is -0.553. The van der Waals surface area contributed by atoms with Crippen molar-refractivity contribution in [3.05, 3.63) is 58.2 Å². The number of primary amides is 1. The van der Waals surface area contributed by atoms with Gasteiger partial charge in [0.1, 0.15) is 6.04 Å². The number of nitrogens with zero attached hydrogens (tertiary/aromatic N) is 5. The maximum atomic E-state index is 12.5. The first-order chi connectivity index (χ1) is 32.0. The van der Waals surface area contributed by atoms with Gasteiger partial charge < -0.3 is 29.6 Å². The Morgan fingerprint density at radius 3 is 2.54 bits per heavy atom. The van der Waals surface area contributed by atoms with Crippen molar-refractivity contribution in [1.82, 2.24) is 35.2 Å². The molecule has 5 rings (SSSR count).